The summed E-state index contributed by atoms with van der Waals surface area (Å²) in [5.74, 6) is 0.289. The van der Waals surface area contributed by atoms with E-state index >= 15 is 0 Å². The second-order valence-corrected chi connectivity index (χ2v) is 7.56. The topological polar surface area (TPSA) is 106 Å². The molecule has 4 N–H and O–H groups in total. The van der Waals surface area contributed by atoms with Crippen molar-refractivity contribution in [2.24, 2.45) is 21.5 Å². The van der Waals surface area contributed by atoms with Crippen molar-refractivity contribution in [3.8, 4) is 0 Å². The van der Waals surface area contributed by atoms with E-state index in [0.717, 1.165) is 50.6 Å². The lowest BCUT2D eigenvalue weighted by Gasteiger charge is -2.45. The fourth-order valence-corrected chi connectivity index (χ4v) is 4.02. The van der Waals surface area contributed by atoms with E-state index in [1.54, 1.807) is 12.1 Å². The Balaban J connectivity index is 1.71. The van der Waals surface area contributed by atoms with Gasteiger partial charge in [0.1, 0.15) is 5.66 Å². The van der Waals surface area contributed by atoms with Crippen molar-refractivity contribution in [3.63, 3.8) is 0 Å². The van der Waals surface area contributed by atoms with Crippen molar-refractivity contribution in [3.05, 3.63) is 29.8 Å². The molecule has 0 amide bonds. The summed E-state index contributed by atoms with van der Waals surface area (Å²) in [6.45, 7) is 2.62. The molecule has 1 fully saturated rings. The second kappa shape index (κ2) is 9.08. The van der Waals surface area contributed by atoms with Crippen LogP contribution in [-0.4, -0.2) is 30.2 Å². The van der Waals surface area contributed by atoms with Crippen molar-refractivity contribution < 1.29 is 9.53 Å². The fraction of sp³-hybridized carbons (Fsp3) is 0.571. The highest BCUT2D eigenvalue weighted by molar-refractivity contribution is 6.05. The molecule has 7 heteroatoms. The van der Waals surface area contributed by atoms with Crippen LogP contribution in [0.3, 0.4) is 0 Å². The predicted molar refractivity (Wildman–Crippen MR) is 112 cm³/mol. The lowest BCUT2D eigenvalue weighted by molar-refractivity contribution is 0.0498. The van der Waals surface area contributed by atoms with Crippen LogP contribution in [0.1, 0.15) is 75.1 Å². The quantitative estimate of drug-likeness (QED) is 0.551. The van der Waals surface area contributed by atoms with Gasteiger partial charge in [0.15, 0.2) is 0 Å². The van der Waals surface area contributed by atoms with Gasteiger partial charge in [-0.2, -0.15) is 4.99 Å². The molecule has 0 aromatic heterocycles. The summed E-state index contributed by atoms with van der Waals surface area (Å²) in [5, 5.41) is 0. The molecule has 1 heterocycles. The average Bonchev–Trinajstić information content (AvgIpc) is 2.68. The molecule has 1 saturated carbocycles. The van der Waals surface area contributed by atoms with E-state index in [1.807, 2.05) is 17.0 Å². The van der Waals surface area contributed by atoms with Gasteiger partial charge in [-0.05, 0) is 56.4 Å². The van der Waals surface area contributed by atoms with Gasteiger partial charge >= 0.3 is 5.97 Å². The number of nitrogens with two attached hydrogens (primary N) is 2. The molecule has 1 aliphatic carbocycles. The van der Waals surface area contributed by atoms with Crippen molar-refractivity contribution in [2.75, 3.05) is 11.5 Å². The van der Waals surface area contributed by atoms with Gasteiger partial charge in [-0.15, -0.1) is 0 Å². The van der Waals surface area contributed by atoms with Gasteiger partial charge in [0.2, 0.25) is 11.9 Å². The number of benzene rings is 1. The summed E-state index contributed by atoms with van der Waals surface area (Å²) < 4.78 is 5.37. The summed E-state index contributed by atoms with van der Waals surface area (Å²) >= 11 is 0. The van der Waals surface area contributed by atoms with Crippen LogP contribution in [0.25, 0.3) is 0 Å². The highest BCUT2D eigenvalue weighted by atomic mass is 16.5. The van der Waals surface area contributed by atoms with E-state index in [2.05, 4.69) is 16.9 Å². The Morgan fingerprint density at radius 3 is 2.50 bits per heavy atom. The van der Waals surface area contributed by atoms with Gasteiger partial charge in [0.05, 0.1) is 12.2 Å². The van der Waals surface area contributed by atoms with Crippen LogP contribution in [0.5, 0.6) is 0 Å². The standard InChI is InChI=1S/C21H31N5O2/c1-2-3-4-8-15-28-18(27)16-9-11-17(12-10-16)26-20(23)24-19(22)25-21(26)13-6-5-7-14-21/h9-12H,2-8,13-15H2,1H3,(H4,22,23,24,25). The lowest BCUT2D eigenvalue weighted by Crippen LogP contribution is -2.58. The predicted octanol–water partition coefficient (Wildman–Crippen LogP) is 3.53. The van der Waals surface area contributed by atoms with Crippen LogP contribution in [0.2, 0.25) is 0 Å². The first kappa shape index (κ1) is 20.2. The van der Waals surface area contributed by atoms with E-state index < -0.39 is 5.66 Å². The zero-order valence-corrected chi connectivity index (χ0v) is 16.7. The first-order valence-corrected chi connectivity index (χ1v) is 10.3. The molecule has 0 unspecified atom stereocenters. The molecule has 152 valence electrons. The van der Waals surface area contributed by atoms with Gasteiger partial charge in [0, 0.05) is 5.69 Å². The number of carbonyl (C=O) groups is 1. The number of aliphatic imine (C=N–C) groups is 2. The van der Waals surface area contributed by atoms with Gasteiger partial charge in [-0.25, -0.2) is 9.79 Å². The molecule has 7 nitrogen and oxygen atoms in total. The van der Waals surface area contributed by atoms with E-state index in [1.165, 1.54) is 12.8 Å². The molecule has 0 saturated heterocycles. The van der Waals surface area contributed by atoms with Crippen molar-refractivity contribution in [1.29, 1.82) is 0 Å². The van der Waals surface area contributed by atoms with Gasteiger partial charge in [-0.1, -0.05) is 32.6 Å². The molecular formula is C21H31N5O2. The Kier molecular flexibility index (Phi) is 6.54. The third-order valence-electron chi connectivity index (χ3n) is 5.44. The molecule has 1 aliphatic heterocycles. The van der Waals surface area contributed by atoms with Gasteiger partial charge in [-0.3, -0.25) is 4.90 Å². The van der Waals surface area contributed by atoms with E-state index in [4.69, 9.17) is 16.2 Å². The Labute approximate surface area is 166 Å². The Hall–Kier alpha value is -2.57. The third-order valence-corrected chi connectivity index (χ3v) is 5.44. The van der Waals surface area contributed by atoms with Crippen LogP contribution in [0.4, 0.5) is 5.69 Å². The minimum Gasteiger partial charge on any atom is -0.462 e. The fourth-order valence-electron chi connectivity index (χ4n) is 4.02. The molecular weight excluding hydrogens is 354 g/mol. The molecule has 2 aliphatic rings. The smallest absolute Gasteiger partial charge is 0.338 e. The Bertz CT molecular complexity index is 736. The molecule has 0 bridgehead atoms. The van der Waals surface area contributed by atoms with Crippen LogP contribution in [0.15, 0.2) is 34.3 Å². The zero-order valence-electron chi connectivity index (χ0n) is 16.7. The summed E-state index contributed by atoms with van der Waals surface area (Å²) in [5.41, 5.74) is 13.1. The van der Waals surface area contributed by atoms with E-state index in [9.17, 15) is 4.79 Å². The average molecular weight is 386 g/mol. The van der Waals surface area contributed by atoms with Crippen LogP contribution >= 0.6 is 0 Å². The molecule has 3 rings (SSSR count). The van der Waals surface area contributed by atoms with E-state index in [0.29, 0.717) is 18.1 Å². The maximum Gasteiger partial charge on any atom is 0.338 e. The first-order chi connectivity index (χ1) is 13.6. The molecule has 0 atom stereocenters. The first-order valence-electron chi connectivity index (χ1n) is 10.3. The van der Waals surface area contributed by atoms with Crippen molar-refractivity contribution in [1.82, 2.24) is 0 Å². The molecule has 0 radical (unpaired) electrons. The SMILES string of the molecule is CCCCCCOC(=O)c1ccc(N2C(N)=NC(N)=NC23CCCCC3)cc1. The Morgan fingerprint density at radius 1 is 1.11 bits per heavy atom. The van der Waals surface area contributed by atoms with Crippen molar-refractivity contribution >= 4 is 23.6 Å². The summed E-state index contributed by atoms with van der Waals surface area (Å²) in [6.07, 6.45) is 9.41. The molecule has 1 aromatic carbocycles. The highest BCUT2D eigenvalue weighted by Crippen LogP contribution is 2.39. The zero-order chi connectivity index (χ0) is 20.0. The highest BCUT2D eigenvalue weighted by Gasteiger charge is 2.42. The minimum atomic E-state index is -0.477. The number of hydrogen-bond donors (Lipinski definition) is 2. The second-order valence-electron chi connectivity index (χ2n) is 7.56. The van der Waals surface area contributed by atoms with E-state index in [-0.39, 0.29) is 11.9 Å². The van der Waals surface area contributed by atoms with Gasteiger partial charge in [0.25, 0.3) is 0 Å². The number of rotatable bonds is 7. The number of esters is 1. The summed E-state index contributed by atoms with van der Waals surface area (Å²) in [4.78, 5) is 23.0. The normalized spacial score (nSPS) is 18.5. The number of nitrogens with zero attached hydrogens (tertiary/aromatic N) is 3. The molecule has 1 spiro atoms. The van der Waals surface area contributed by atoms with Crippen molar-refractivity contribution in [2.45, 2.75) is 70.4 Å². The number of guanidine groups is 2. The lowest BCUT2D eigenvalue weighted by atomic mass is 9.87. The maximum atomic E-state index is 12.2. The van der Waals surface area contributed by atoms with Crippen LogP contribution in [-0.2, 0) is 4.74 Å². The Morgan fingerprint density at radius 2 is 1.82 bits per heavy atom. The number of ether oxygens (including phenoxy) is 1. The summed E-state index contributed by atoms with van der Waals surface area (Å²) in [7, 11) is 0. The monoisotopic (exact) mass is 385 g/mol. The number of anilines is 1. The third kappa shape index (κ3) is 4.46. The van der Waals surface area contributed by atoms with Crippen LogP contribution < -0.4 is 16.4 Å². The molecule has 1 aromatic rings. The summed E-state index contributed by atoms with van der Waals surface area (Å²) in [6, 6.07) is 7.30. The van der Waals surface area contributed by atoms with Crippen LogP contribution in [0, 0.1) is 0 Å². The van der Waals surface area contributed by atoms with Gasteiger partial charge < -0.3 is 16.2 Å². The number of carbonyl (C=O) groups excluding carboxylic acids is 1. The number of unbranched alkanes of at least 4 members (excludes halogenated alkanes) is 3. The minimum absolute atomic E-state index is 0.235. The maximum absolute atomic E-state index is 12.2. The molecule has 28 heavy (non-hydrogen) atoms. The number of hydrogen-bond acceptors (Lipinski definition) is 7. The largest absolute Gasteiger partial charge is 0.462 e.